The standard InChI is InChI=1S/C62H69N11O7/c1-61(66-28-10-13-42-16-21-53(79-3)52(36-42)72-32-25-54(75)73(60(72)78)40-65-57(76)50(63)35-41-11-6-4-7-12-41)26-33-70(34-27-61)45-23-30-71(31-24-45)59-67-51-20-17-43(49-38-69(2)58(77)55-47(49)22-29-64-55)37-48(51)56(68-59)62(39-74,80-46-18-19-46)44-14-8-5-9-15-44/h4-9,11-12,14-17,20-22,29,36-38,45-46,50,64,66,74H,18-19,23-28,30-35,39-40,63H2,1-3H3,(H,65,76). The van der Waals surface area contributed by atoms with Crippen molar-refractivity contribution in [3.8, 4) is 28.7 Å². The monoisotopic (exact) mass is 1080 g/mol. The maximum atomic E-state index is 13.8. The molecule has 18 heteroatoms. The Morgan fingerprint density at radius 2 is 1.66 bits per heavy atom. The van der Waals surface area contributed by atoms with Crippen LogP contribution in [0.5, 0.6) is 5.75 Å². The van der Waals surface area contributed by atoms with Crippen LogP contribution in [0.4, 0.5) is 16.4 Å². The van der Waals surface area contributed by atoms with Crippen LogP contribution in [0.3, 0.4) is 0 Å². The van der Waals surface area contributed by atoms with Gasteiger partial charge in [0, 0.05) is 92.1 Å². The number of amides is 4. The Kier molecular flexibility index (Phi) is 15.6. The fourth-order valence-corrected chi connectivity index (χ4v) is 11.6. The highest BCUT2D eigenvalue weighted by Crippen LogP contribution is 2.44. The molecule has 6 heterocycles. The summed E-state index contributed by atoms with van der Waals surface area (Å²) in [5.41, 5.74) is 11.3. The number of nitrogens with two attached hydrogens (primary N) is 1. The molecule has 3 aliphatic heterocycles. The lowest BCUT2D eigenvalue weighted by Crippen LogP contribution is -2.57. The van der Waals surface area contributed by atoms with Gasteiger partial charge in [-0.25, -0.2) is 19.7 Å². The van der Waals surface area contributed by atoms with Crippen LogP contribution in [0.1, 0.15) is 74.3 Å². The number of ether oxygens (including phenoxy) is 2. The second-order valence-electron chi connectivity index (χ2n) is 21.9. The number of nitrogens with one attached hydrogen (secondary N) is 3. The van der Waals surface area contributed by atoms with E-state index in [-0.39, 0.29) is 43.4 Å². The van der Waals surface area contributed by atoms with Crippen LogP contribution >= 0.6 is 0 Å². The number of aliphatic hydroxyl groups is 1. The first-order valence-electron chi connectivity index (χ1n) is 27.8. The van der Waals surface area contributed by atoms with Crippen molar-refractivity contribution in [3.05, 3.63) is 148 Å². The van der Waals surface area contributed by atoms with E-state index in [1.165, 1.54) is 12.0 Å². The molecule has 18 nitrogen and oxygen atoms in total. The van der Waals surface area contributed by atoms with Crippen molar-refractivity contribution in [3.63, 3.8) is 0 Å². The lowest BCUT2D eigenvalue weighted by molar-refractivity contribution is -0.130. The number of aromatic amines is 1. The number of aryl methyl sites for hydroxylation is 1. The first kappa shape index (κ1) is 54.1. The molecule has 3 saturated heterocycles. The zero-order chi connectivity index (χ0) is 55.5. The van der Waals surface area contributed by atoms with Gasteiger partial charge in [-0.2, -0.15) is 0 Å². The Bertz CT molecular complexity index is 3540. The molecule has 4 aromatic carbocycles. The number of imide groups is 1. The SMILES string of the molecule is COc1ccc(C#CCNC2(C)CCN(C3CCN(c4nc(C(CO)(OC5CC5)c5ccccc5)c5cc(-c6cn(C)c(=O)c7[nH]ccc67)ccc5n4)CC3)CC2)cc1N1CCC(=O)N(CNC(=O)C(N)Cc2ccccc2)C1=O. The minimum absolute atomic E-state index is 0.00444. The topological polar surface area (TPSA) is 217 Å². The summed E-state index contributed by atoms with van der Waals surface area (Å²) in [5.74, 6) is 6.79. The Balaban J connectivity index is 0.730. The molecule has 3 aromatic heterocycles. The average Bonchev–Trinajstić information content (AvgIpc) is 4.26. The van der Waals surface area contributed by atoms with Gasteiger partial charge in [0.25, 0.3) is 5.56 Å². The van der Waals surface area contributed by atoms with E-state index in [2.05, 4.69) is 50.2 Å². The van der Waals surface area contributed by atoms with Crippen molar-refractivity contribution in [2.24, 2.45) is 12.8 Å². The number of carbonyl (C=O) groups is 3. The van der Waals surface area contributed by atoms with Gasteiger partial charge in [0.1, 0.15) is 17.9 Å². The van der Waals surface area contributed by atoms with Gasteiger partial charge in [0.15, 0.2) is 5.60 Å². The lowest BCUT2D eigenvalue weighted by atomic mass is 9.87. The van der Waals surface area contributed by atoms with E-state index in [1.807, 2.05) is 91.1 Å². The number of likely N-dealkylation sites (tertiary alicyclic amines) is 1. The highest BCUT2D eigenvalue weighted by Gasteiger charge is 2.44. The third kappa shape index (κ3) is 11.2. The number of aliphatic hydroxyl groups excluding tert-OH is 1. The fraction of sp³-hybridized carbons (Fsp3) is 0.387. The van der Waals surface area contributed by atoms with Gasteiger partial charge in [0.2, 0.25) is 17.8 Å². The molecule has 6 N–H and O–H groups in total. The molecule has 414 valence electrons. The predicted molar refractivity (Wildman–Crippen MR) is 308 cm³/mol. The molecule has 2 unspecified atom stereocenters. The van der Waals surface area contributed by atoms with Crippen molar-refractivity contribution in [2.45, 2.75) is 87.6 Å². The summed E-state index contributed by atoms with van der Waals surface area (Å²) in [6.45, 7) is 5.74. The number of anilines is 2. The molecule has 4 aliphatic rings. The molecule has 0 bridgehead atoms. The molecular weight excluding hydrogens is 1010 g/mol. The molecule has 1 saturated carbocycles. The number of piperidine rings is 2. The van der Waals surface area contributed by atoms with E-state index in [4.69, 9.17) is 25.2 Å². The second-order valence-corrected chi connectivity index (χ2v) is 21.9. The van der Waals surface area contributed by atoms with Crippen LogP contribution in [-0.2, 0) is 33.4 Å². The van der Waals surface area contributed by atoms with Crippen molar-refractivity contribution in [2.75, 3.05) is 69.5 Å². The number of H-pyrrole nitrogens is 1. The Morgan fingerprint density at radius 1 is 0.912 bits per heavy atom. The number of pyridine rings is 1. The van der Waals surface area contributed by atoms with Crippen LogP contribution in [0.2, 0.25) is 0 Å². The van der Waals surface area contributed by atoms with Crippen LogP contribution in [0, 0.1) is 11.8 Å². The molecule has 4 fully saturated rings. The molecule has 80 heavy (non-hydrogen) atoms. The summed E-state index contributed by atoms with van der Waals surface area (Å²) in [7, 11) is 3.29. The van der Waals surface area contributed by atoms with Gasteiger partial charge in [-0.05, 0) is 105 Å². The quantitative estimate of drug-likeness (QED) is 0.0647. The highest BCUT2D eigenvalue weighted by molar-refractivity contribution is 6.06. The van der Waals surface area contributed by atoms with Gasteiger partial charge >= 0.3 is 6.03 Å². The summed E-state index contributed by atoms with van der Waals surface area (Å²) in [6.07, 6.45) is 9.69. The zero-order valence-corrected chi connectivity index (χ0v) is 45.6. The van der Waals surface area contributed by atoms with Gasteiger partial charge in [-0.15, -0.1) is 0 Å². The molecule has 0 radical (unpaired) electrons. The number of benzene rings is 4. The number of urea groups is 1. The number of rotatable bonds is 17. The van der Waals surface area contributed by atoms with E-state index >= 15 is 0 Å². The minimum atomic E-state index is -1.24. The number of fused-ring (bicyclic) bond motifs is 2. The normalized spacial score (nSPS) is 18.2. The van der Waals surface area contributed by atoms with E-state index in [1.54, 1.807) is 29.9 Å². The van der Waals surface area contributed by atoms with Crippen LogP contribution in [0.25, 0.3) is 32.9 Å². The first-order chi connectivity index (χ1) is 38.8. The van der Waals surface area contributed by atoms with Crippen LogP contribution < -0.4 is 36.5 Å². The summed E-state index contributed by atoms with van der Waals surface area (Å²) in [5, 5.41) is 19.6. The number of hydrogen-bond acceptors (Lipinski definition) is 13. The minimum Gasteiger partial charge on any atom is -0.495 e. The fourth-order valence-electron chi connectivity index (χ4n) is 11.6. The van der Waals surface area contributed by atoms with Crippen molar-refractivity contribution >= 4 is 51.3 Å². The molecular formula is C62H69N11O7. The molecule has 1 aliphatic carbocycles. The van der Waals surface area contributed by atoms with E-state index in [9.17, 15) is 24.3 Å². The van der Waals surface area contributed by atoms with E-state index < -0.39 is 29.5 Å². The maximum absolute atomic E-state index is 13.8. The number of carbonyl (C=O) groups excluding carboxylic acids is 3. The second kappa shape index (κ2) is 23.0. The summed E-state index contributed by atoms with van der Waals surface area (Å²) in [4.78, 5) is 73.9. The third-order valence-corrected chi connectivity index (χ3v) is 16.5. The maximum Gasteiger partial charge on any atom is 0.332 e. The largest absolute Gasteiger partial charge is 0.495 e. The van der Waals surface area contributed by atoms with Gasteiger partial charge < -0.3 is 50.3 Å². The molecule has 2 atom stereocenters. The first-order valence-corrected chi connectivity index (χ1v) is 27.8. The van der Waals surface area contributed by atoms with E-state index in [0.29, 0.717) is 53.2 Å². The molecule has 4 amide bonds. The van der Waals surface area contributed by atoms with Gasteiger partial charge in [-0.3, -0.25) is 19.3 Å². The average molecular weight is 1080 g/mol. The summed E-state index contributed by atoms with van der Waals surface area (Å²) < 4.78 is 14.2. The number of nitrogens with zero attached hydrogens (tertiary/aromatic N) is 7. The van der Waals surface area contributed by atoms with Crippen molar-refractivity contribution in [1.29, 1.82) is 0 Å². The predicted octanol–water partition coefficient (Wildman–Crippen LogP) is 6.17. The Labute approximate surface area is 465 Å². The number of aromatic nitrogens is 4. The smallest absolute Gasteiger partial charge is 0.332 e. The summed E-state index contributed by atoms with van der Waals surface area (Å²) >= 11 is 0. The van der Waals surface area contributed by atoms with Crippen LogP contribution in [0.15, 0.2) is 120 Å². The van der Waals surface area contributed by atoms with E-state index in [0.717, 1.165) is 108 Å². The molecule has 11 rings (SSSR count). The Morgan fingerprint density at radius 3 is 2.39 bits per heavy atom. The Hall–Kier alpha value is -7.92. The lowest BCUT2D eigenvalue weighted by Gasteiger charge is -2.45. The summed E-state index contributed by atoms with van der Waals surface area (Å²) in [6, 6.07) is 31.8. The van der Waals surface area contributed by atoms with Crippen molar-refractivity contribution in [1.82, 2.24) is 40.0 Å². The zero-order valence-electron chi connectivity index (χ0n) is 45.6. The van der Waals surface area contributed by atoms with Gasteiger partial charge in [0.05, 0.1) is 49.3 Å². The highest BCUT2D eigenvalue weighted by atomic mass is 16.5. The van der Waals surface area contributed by atoms with Gasteiger partial charge in [-0.1, -0.05) is 78.6 Å². The van der Waals surface area contributed by atoms with Crippen LogP contribution in [-0.4, -0.2) is 136 Å². The van der Waals surface area contributed by atoms with Crippen molar-refractivity contribution < 1.29 is 29.0 Å². The number of methoxy groups -OCH3 is 1. The third-order valence-electron chi connectivity index (χ3n) is 16.5. The molecule has 7 aromatic rings. The number of hydrogen-bond donors (Lipinski definition) is 5. The molecule has 0 spiro atoms.